The molecule has 2 N–H and O–H groups in total. The van der Waals surface area contributed by atoms with Crippen LogP contribution in [0.1, 0.15) is 36.2 Å². The molecule has 2 aromatic rings. The molecule has 1 aromatic heterocycles. The second-order valence-corrected chi connectivity index (χ2v) is 6.71. The minimum Gasteiger partial charge on any atom is -0.481 e. The standard InChI is InChI=1S/C20H24ClN3O3/c1-4-13(2)18(24-19(25)15-6-8-16(21)9-7-15)20(26)23-12-14-5-10-17(27-3)22-11-14/h5-11,13,18H,4,12H2,1-3H3,(H,23,26)(H,24,25). The number of hydrogen-bond acceptors (Lipinski definition) is 4. The summed E-state index contributed by atoms with van der Waals surface area (Å²) in [6.45, 7) is 4.23. The number of hydrogen-bond donors (Lipinski definition) is 2. The second-order valence-electron chi connectivity index (χ2n) is 6.27. The molecule has 2 rings (SSSR count). The monoisotopic (exact) mass is 389 g/mol. The first kappa shape index (κ1) is 20.7. The molecule has 2 atom stereocenters. The molecule has 1 heterocycles. The minimum absolute atomic E-state index is 0.0183. The highest BCUT2D eigenvalue weighted by Gasteiger charge is 2.26. The molecular weight excluding hydrogens is 366 g/mol. The fourth-order valence-electron chi connectivity index (χ4n) is 2.46. The zero-order valence-corrected chi connectivity index (χ0v) is 16.4. The summed E-state index contributed by atoms with van der Waals surface area (Å²) in [5, 5.41) is 6.24. The van der Waals surface area contributed by atoms with E-state index in [1.165, 1.54) is 0 Å². The van der Waals surface area contributed by atoms with E-state index in [0.29, 0.717) is 23.0 Å². The summed E-state index contributed by atoms with van der Waals surface area (Å²) in [7, 11) is 1.55. The molecule has 27 heavy (non-hydrogen) atoms. The van der Waals surface area contributed by atoms with Crippen LogP contribution < -0.4 is 15.4 Å². The Bertz CT molecular complexity index is 763. The Kier molecular flexibility index (Phi) is 7.61. The summed E-state index contributed by atoms with van der Waals surface area (Å²) in [6, 6.07) is 9.48. The van der Waals surface area contributed by atoms with E-state index in [0.717, 1.165) is 12.0 Å². The number of halogens is 1. The van der Waals surface area contributed by atoms with Crippen LogP contribution in [0.4, 0.5) is 0 Å². The summed E-state index contributed by atoms with van der Waals surface area (Å²) in [5.74, 6) is -0.0475. The first-order valence-electron chi connectivity index (χ1n) is 8.77. The normalized spacial score (nSPS) is 12.7. The van der Waals surface area contributed by atoms with Gasteiger partial charge in [0.1, 0.15) is 6.04 Å². The summed E-state index contributed by atoms with van der Waals surface area (Å²) >= 11 is 5.86. The topological polar surface area (TPSA) is 80.3 Å². The van der Waals surface area contributed by atoms with Gasteiger partial charge in [-0.3, -0.25) is 9.59 Å². The van der Waals surface area contributed by atoms with Crippen molar-refractivity contribution in [2.75, 3.05) is 7.11 Å². The van der Waals surface area contributed by atoms with E-state index >= 15 is 0 Å². The molecule has 1 aromatic carbocycles. The number of carbonyl (C=O) groups is 2. The average Bonchev–Trinajstić information content (AvgIpc) is 2.70. The lowest BCUT2D eigenvalue weighted by molar-refractivity contribution is -0.124. The molecule has 0 fully saturated rings. The van der Waals surface area contributed by atoms with Gasteiger partial charge in [0.05, 0.1) is 7.11 Å². The Morgan fingerprint density at radius 1 is 1.19 bits per heavy atom. The van der Waals surface area contributed by atoms with Gasteiger partial charge in [-0.05, 0) is 35.7 Å². The molecule has 0 bridgehead atoms. The van der Waals surface area contributed by atoms with Gasteiger partial charge in [0.2, 0.25) is 11.8 Å². The number of benzene rings is 1. The van der Waals surface area contributed by atoms with Crippen LogP contribution in [0.25, 0.3) is 0 Å². The highest BCUT2D eigenvalue weighted by atomic mass is 35.5. The number of rotatable bonds is 8. The maximum Gasteiger partial charge on any atom is 0.251 e. The van der Waals surface area contributed by atoms with Crippen molar-refractivity contribution in [3.05, 3.63) is 58.7 Å². The summed E-state index contributed by atoms with van der Waals surface area (Å²) in [6.07, 6.45) is 2.40. The highest BCUT2D eigenvalue weighted by Crippen LogP contribution is 2.13. The highest BCUT2D eigenvalue weighted by molar-refractivity contribution is 6.30. The molecule has 0 aliphatic heterocycles. The van der Waals surface area contributed by atoms with Gasteiger partial charge in [0.15, 0.2) is 0 Å². The SMILES string of the molecule is CCC(C)C(NC(=O)c1ccc(Cl)cc1)C(=O)NCc1ccc(OC)nc1. The van der Waals surface area contributed by atoms with Crippen LogP contribution in [0, 0.1) is 5.92 Å². The quantitative estimate of drug-likeness (QED) is 0.726. The molecule has 0 saturated carbocycles. The van der Waals surface area contributed by atoms with Gasteiger partial charge < -0.3 is 15.4 Å². The Morgan fingerprint density at radius 3 is 2.44 bits per heavy atom. The van der Waals surface area contributed by atoms with Crippen molar-refractivity contribution in [2.24, 2.45) is 5.92 Å². The zero-order valence-electron chi connectivity index (χ0n) is 15.7. The van der Waals surface area contributed by atoms with Crippen LogP contribution in [-0.4, -0.2) is 29.9 Å². The summed E-state index contributed by atoms with van der Waals surface area (Å²) in [5.41, 5.74) is 1.30. The van der Waals surface area contributed by atoms with Gasteiger partial charge in [-0.2, -0.15) is 0 Å². The molecule has 0 aliphatic carbocycles. The lowest BCUT2D eigenvalue weighted by Gasteiger charge is -2.23. The Hall–Kier alpha value is -2.60. The number of carbonyl (C=O) groups excluding carboxylic acids is 2. The number of methoxy groups -OCH3 is 1. The number of amides is 2. The fourth-order valence-corrected chi connectivity index (χ4v) is 2.59. The molecular formula is C20H24ClN3O3. The first-order chi connectivity index (χ1) is 12.9. The molecule has 0 saturated heterocycles. The van der Waals surface area contributed by atoms with Gasteiger partial charge in [-0.15, -0.1) is 0 Å². The number of aromatic nitrogens is 1. The van der Waals surface area contributed by atoms with Crippen LogP contribution >= 0.6 is 11.6 Å². The van der Waals surface area contributed by atoms with E-state index in [1.807, 2.05) is 19.9 Å². The predicted octanol–water partition coefficient (Wildman–Crippen LogP) is 3.20. The van der Waals surface area contributed by atoms with Crippen molar-refractivity contribution in [3.63, 3.8) is 0 Å². The van der Waals surface area contributed by atoms with E-state index in [-0.39, 0.29) is 17.7 Å². The van der Waals surface area contributed by atoms with Crippen LogP contribution in [-0.2, 0) is 11.3 Å². The molecule has 0 aliphatic rings. The van der Waals surface area contributed by atoms with E-state index in [4.69, 9.17) is 16.3 Å². The largest absolute Gasteiger partial charge is 0.481 e. The van der Waals surface area contributed by atoms with Crippen LogP contribution in [0.5, 0.6) is 5.88 Å². The maximum absolute atomic E-state index is 12.7. The van der Waals surface area contributed by atoms with E-state index in [1.54, 1.807) is 43.6 Å². The van der Waals surface area contributed by atoms with E-state index in [9.17, 15) is 9.59 Å². The molecule has 0 radical (unpaired) electrons. The number of nitrogens with zero attached hydrogens (tertiary/aromatic N) is 1. The average molecular weight is 390 g/mol. The van der Waals surface area contributed by atoms with Crippen molar-refractivity contribution < 1.29 is 14.3 Å². The van der Waals surface area contributed by atoms with E-state index < -0.39 is 6.04 Å². The predicted molar refractivity (Wildman–Crippen MR) is 105 cm³/mol. The smallest absolute Gasteiger partial charge is 0.251 e. The van der Waals surface area contributed by atoms with Crippen molar-refractivity contribution in [3.8, 4) is 5.88 Å². The van der Waals surface area contributed by atoms with Crippen molar-refractivity contribution >= 4 is 23.4 Å². The van der Waals surface area contributed by atoms with Crippen molar-refractivity contribution in [2.45, 2.75) is 32.9 Å². The zero-order chi connectivity index (χ0) is 19.8. The lowest BCUT2D eigenvalue weighted by atomic mass is 9.97. The maximum atomic E-state index is 12.7. The second kappa shape index (κ2) is 9.92. The number of pyridine rings is 1. The Balaban J connectivity index is 2.02. The Morgan fingerprint density at radius 2 is 1.89 bits per heavy atom. The summed E-state index contributed by atoms with van der Waals surface area (Å²) < 4.78 is 5.02. The fraction of sp³-hybridized carbons (Fsp3) is 0.350. The molecule has 2 unspecified atom stereocenters. The summed E-state index contributed by atoms with van der Waals surface area (Å²) in [4.78, 5) is 29.3. The third kappa shape index (κ3) is 5.96. The van der Waals surface area contributed by atoms with Crippen LogP contribution in [0.3, 0.4) is 0 Å². The molecule has 0 spiro atoms. The minimum atomic E-state index is -0.635. The van der Waals surface area contributed by atoms with Crippen LogP contribution in [0.15, 0.2) is 42.6 Å². The Labute approximate surface area is 164 Å². The third-order valence-corrected chi connectivity index (χ3v) is 4.61. The lowest BCUT2D eigenvalue weighted by Crippen LogP contribution is -2.50. The molecule has 144 valence electrons. The van der Waals surface area contributed by atoms with Gasteiger partial charge in [0.25, 0.3) is 5.91 Å². The molecule has 2 amide bonds. The van der Waals surface area contributed by atoms with Gasteiger partial charge in [0, 0.05) is 29.4 Å². The van der Waals surface area contributed by atoms with Crippen molar-refractivity contribution in [1.82, 2.24) is 15.6 Å². The van der Waals surface area contributed by atoms with Gasteiger partial charge in [-0.25, -0.2) is 4.98 Å². The van der Waals surface area contributed by atoms with Gasteiger partial charge in [-0.1, -0.05) is 37.9 Å². The molecule has 7 heteroatoms. The number of nitrogens with one attached hydrogen (secondary N) is 2. The third-order valence-electron chi connectivity index (χ3n) is 4.36. The van der Waals surface area contributed by atoms with Gasteiger partial charge >= 0.3 is 0 Å². The van der Waals surface area contributed by atoms with E-state index in [2.05, 4.69) is 15.6 Å². The first-order valence-corrected chi connectivity index (χ1v) is 9.15. The van der Waals surface area contributed by atoms with Crippen LogP contribution in [0.2, 0.25) is 5.02 Å². The molecule has 6 nitrogen and oxygen atoms in total. The number of ether oxygens (including phenoxy) is 1. The van der Waals surface area contributed by atoms with Crippen molar-refractivity contribution in [1.29, 1.82) is 0 Å².